The standard InChI is InChI=1S/C10H13ClN2O/c11-9-2-1-5-12-10(9)13(6-7-14)8-3-4-8/h1-2,5,8,14H,3-4,6-7H2. The summed E-state index contributed by atoms with van der Waals surface area (Å²) in [6.07, 6.45) is 4.08. The zero-order valence-electron chi connectivity index (χ0n) is 7.86. The minimum absolute atomic E-state index is 0.142. The van der Waals surface area contributed by atoms with E-state index in [0.717, 1.165) is 5.82 Å². The molecule has 1 heterocycles. The number of aliphatic hydroxyl groups excluding tert-OH is 1. The molecule has 1 aromatic heterocycles. The minimum atomic E-state index is 0.142. The molecule has 0 bridgehead atoms. The Morgan fingerprint density at radius 2 is 2.36 bits per heavy atom. The molecule has 0 atom stereocenters. The fourth-order valence-corrected chi connectivity index (χ4v) is 1.77. The van der Waals surface area contributed by atoms with E-state index in [2.05, 4.69) is 9.88 Å². The Morgan fingerprint density at radius 3 is 2.93 bits per heavy atom. The number of halogens is 1. The summed E-state index contributed by atoms with van der Waals surface area (Å²) >= 11 is 6.04. The van der Waals surface area contributed by atoms with Gasteiger partial charge in [-0.25, -0.2) is 4.98 Å². The third kappa shape index (κ3) is 1.99. The van der Waals surface area contributed by atoms with Crippen LogP contribution in [-0.2, 0) is 0 Å². The van der Waals surface area contributed by atoms with Gasteiger partial charge in [-0.15, -0.1) is 0 Å². The number of aliphatic hydroxyl groups is 1. The Hall–Kier alpha value is -0.800. The molecule has 0 aliphatic heterocycles. The van der Waals surface area contributed by atoms with E-state index < -0.39 is 0 Å². The van der Waals surface area contributed by atoms with Crippen molar-refractivity contribution in [1.82, 2.24) is 4.98 Å². The number of nitrogens with zero attached hydrogens (tertiary/aromatic N) is 2. The molecule has 1 saturated carbocycles. The van der Waals surface area contributed by atoms with Crippen LogP contribution in [0.2, 0.25) is 5.02 Å². The Labute approximate surface area is 88.3 Å². The summed E-state index contributed by atoms with van der Waals surface area (Å²) in [5, 5.41) is 9.61. The Kier molecular flexibility index (Phi) is 2.89. The van der Waals surface area contributed by atoms with Gasteiger partial charge in [0, 0.05) is 18.8 Å². The zero-order chi connectivity index (χ0) is 9.97. The molecular formula is C10H13ClN2O. The lowest BCUT2D eigenvalue weighted by Gasteiger charge is -2.23. The number of pyridine rings is 1. The summed E-state index contributed by atoms with van der Waals surface area (Å²) in [6.45, 7) is 0.755. The molecule has 0 aromatic carbocycles. The fourth-order valence-electron chi connectivity index (χ4n) is 1.54. The maximum absolute atomic E-state index is 8.95. The lowest BCUT2D eigenvalue weighted by molar-refractivity contribution is 0.301. The second-order valence-electron chi connectivity index (χ2n) is 3.46. The normalized spacial score (nSPS) is 15.6. The van der Waals surface area contributed by atoms with E-state index in [9.17, 15) is 0 Å². The van der Waals surface area contributed by atoms with Crippen LogP contribution in [0.5, 0.6) is 0 Å². The van der Waals surface area contributed by atoms with Crippen LogP contribution < -0.4 is 4.90 Å². The molecule has 1 fully saturated rings. The molecule has 0 saturated heterocycles. The van der Waals surface area contributed by atoms with E-state index in [1.807, 2.05) is 12.1 Å². The topological polar surface area (TPSA) is 36.4 Å². The number of hydrogen-bond donors (Lipinski definition) is 1. The summed E-state index contributed by atoms with van der Waals surface area (Å²) in [6, 6.07) is 4.17. The van der Waals surface area contributed by atoms with Crippen LogP contribution in [0.25, 0.3) is 0 Å². The summed E-state index contributed by atoms with van der Waals surface area (Å²) in [4.78, 5) is 6.33. The van der Waals surface area contributed by atoms with Gasteiger partial charge >= 0.3 is 0 Å². The first-order chi connectivity index (χ1) is 6.83. The van der Waals surface area contributed by atoms with Gasteiger partial charge in [0.25, 0.3) is 0 Å². The molecule has 1 aromatic rings. The molecule has 3 nitrogen and oxygen atoms in total. The van der Waals surface area contributed by atoms with Crippen molar-refractivity contribution >= 4 is 17.4 Å². The van der Waals surface area contributed by atoms with Crippen molar-refractivity contribution in [2.45, 2.75) is 18.9 Å². The van der Waals surface area contributed by atoms with Crippen LogP contribution in [0.3, 0.4) is 0 Å². The Bertz CT molecular complexity index is 315. The SMILES string of the molecule is OCCN(c1ncccc1Cl)C1CC1. The molecule has 0 unspecified atom stereocenters. The highest BCUT2D eigenvalue weighted by atomic mass is 35.5. The molecule has 0 spiro atoms. The first kappa shape index (κ1) is 9.74. The maximum atomic E-state index is 8.95. The van der Waals surface area contributed by atoms with E-state index in [1.54, 1.807) is 6.20 Å². The van der Waals surface area contributed by atoms with E-state index in [1.165, 1.54) is 12.8 Å². The second kappa shape index (κ2) is 4.15. The van der Waals surface area contributed by atoms with Crippen molar-refractivity contribution in [3.05, 3.63) is 23.4 Å². The largest absolute Gasteiger partial charge is 0.395 e. The van der Waals surface area contributed by atoms with Gasteiger partial charge in [0.15, 0.2) is 0 Å². The quantitative estimate of drug-likeness (QED) is 0.826. The Balaban J connectivity index is 2.21. The monoisotopic (exact) mass is 212 g/mol. The maximum Gasteiger partial charge on any atom is 0.147 e. The van der Waals surface area contributed by atoms with Crippen molar-refractivity contribution in [1.29, 1.82) is 0 Å². The Morgan fingerprint density at radius 1 is 1.57 bits per heavy atom. The van der Waals surface area contributed by atoms with Gasteiger partial charge in [0.2, 0.25) is 0 Å². The predicted molar refractivity (Wildman–Crippen MR) is 56.7 cm³/mol. The number of rotatable bonds is 4. The highest BCUT2D eigenvalue weighted by Gasteiger charge is 2.30. The number of hydrogen-bond acceptors (Lipinski definition) is 3. The van der Waals surface area contributed by atoms with Crippen molar-refractivity contribution in [3.8, 4) is 0 Å². The van der Waals surface area contributed by atoms with Crippen molar-refractivity contribution < 1.29 is 5.11 Å². The van der Waals surface area contributed by atoms with E-state index in [0.29, 0.717) is 17.6 Å². The summed E-state index contributed by atoms with van der Waals surface area (Å²) in [7, 11) is 0. The van der Waals surface area contributed by atoms with Gasteiger partial charge in [-0.3, -0.25) is 0 Å². The van der Waals surface area contributed by atoms with E-state index >= 15 is 0 Å². The van der Waals surface area contributed by atoms with Crippen LogP contribution in [0.15, 0.2) is 18.3 Å². The van der Waals surface area contributed by atoms with Crippen LogP contribution in [0, 0.1) is 0 Å². The number of aromatic nitrogens is 1. The molecule has 76 valence electrons. The molecule has 0 radical (unpaired) electrons. The van der Waals surface area contributed by atoms with Gasteiger partial charge < -0.3 is 10.0 Å². The average Bonchev–Trinajstić information content (AvgIpc) is 2.99. The smallest absolute Gasteiger partial charge is 0.147 e. The zero-order valence-corrected chi connectivity index (χ0v) is 8.61. The second-order valence-corrected chi connectivity index (χ2v) is 3.86. The van der Waals surface area contributed by atoms with E-state index in [-0.39, 0.29) is 6.61 Å². The van der Waals surface area contributed by atoms with Gasteiger partial charge in [0.1, 0.15) is 5.82 Å². The lowest BCUT2D eigenvalue weighted by atomic mass is 10.4. The first-order valence-electron chi connectivity index (χ1n) is 4.81. The van der Waals surface area contributed by atoms with Gasteiger partial charge in [-0.1, -0.05) is 11.6 Å². The first-order valence-corrected chi connectivity index (χ1v) is 5.18. The summed E-state index contributed by atoms with van der Waals surface area (Å²) in [5.74, 6) is 0.797. The van der Waals surface area contributed by atoms with Crippen LogP contribution in [-0.4, -0.2) is 29.3 Å². The molecule has 1 aliphatic carbocycles. The average molecular weight is 213 g/mol. The third-order valence-corrected chi connectivity index (χ3v) is 2.63. The molecule has 1 N–H and O–H groups in total. The molecule has 2 rings (SSSR count). The van der Waals surface area contributed by atoms with Gasteiger partial charge in [-0.2, -0.15) is 0 Å². The molecule has 1 aliphatic rings. The molecular weight excluding hydrogens is 200 g/mol. The van der Waals surface area contributed by atoms with E-state index in [4.69, 9.17) is 16.7 Å². The van der Waals surface area contributed by atoms with Gasteiger partial charge in [0.05, 0.1) is 11.6 Å². The van der Waals surface area contributed by atoms with Crippen LogP contribution >= 0.6 is 11.6 Å². The summed E-state index contributed by atoms with van der Waals surface area (Å²) < 4.78 is 0. The summed E-state index contributed by atoms with van der Waals surface area (Å²) in [5.41, 5.74) is 0. The van der Waals surface area contributed by atoms with Crippen molar-refractivity contribution in [2.24, 2.45) is 0 Å². The lowest BCUT2D eigenvalue weighted by Crippen LogP contribution is -2.29. The molecule has 14 heavy (non-hydrogen) atoms. The van der Waals surface area contributed by atoms with Gasteiger partial charge in [-0.05, 0) is 25.0 Å². The molecule has 0 amide bonds. The number of anilines is 1. The fraction of sp³-hybridized carbons (Fsp3) is 0.500. The highest BCUT2D eigenvalue weighted by Crippen LogP contribution is 2.33. The minimum Gasteiger partial charge on any atom is -0.395 e. The predicted octanol–water partition coefficient (Wildman–Crippen LogP) is 1.70. The molecule has 4 heteroatoms. The van der Waals surface area contributed by atoms with Crippen molar-refractivity contribution in [2.75, 3.05) is 18.1 Å². The van der Waals surface area contributed by atoms with Crippen LogP contribution in [0.4, 0.5) is 5.82 Å². The third-order valence-electron chi connectivity index (χ3n) is 2.34. The van der Waals surface area contributed by atoms with Crippen molar-refractivity contribution in [3.63, 3.8) is 0 Å². The highest BCUT2D eigenvalue weighted by molar-refractivity contribution is 6.32. The van der Waals surface area contributed by atoms with Crippen LogP contribution in [0.1, 0.15) is 12.8 Å².